The van der Waals surface area contributed by atoms with Crippen LogP contribution in [0.1, 0.15) is 40.0 Å². The number of halogens is 1. The van der Waals surface area contributed by atoms with Gasteiger partial charge in [-0.1, -0.05) is 35.9 Å². The maximum absolute atomic E-state index is 13.0. The van der Waals surface area contributed by atoms with Crippen LogP contribution in [0.2, 0.25) is 5.02 Å². The van der Waals surface area contributed by atoms with Gasteiger partial charge in [-0.05, 0) is 53.9 Å². The zero-order valence-electron chi connectivity index (χ0n) is 15.6. The number of hydrogen-bond acceptors (Lipinski definition) is 3. The molecular formula is C22H20ClN3O2. The van der Waals surface area contributed by atoms with Crippen molar-refractivity contribution in [1.29, 1.82) is 0 Å². The fourth-order valence-electron chi connectivity index (χ4n) is 3.00. The molecule has 6 heteroatoms. The van der Waals surface area contributed by atoms with Crippen LogP contribution in [0, 0.1) is 6.92 Å². The predicted molar refractivity (Wildman–Crippen MR) is 110 cm³/mol. The van der Waals surface area contributed by atoms with E-state index >= 15 is 0 Å². The van der Waals surface area contributed by atoms with Crippen LogP contribution in [0.15, 0.2) is 67.0 Å². The van der Waals surface area contributed by atoms with Gasteiger partial charge in [0.15, 0.2) is 0 Å². The third kappa shape index (κ3) is 4.56. The van der Waals surface area contributed by atoms with E-state index in [2.05, 4.69) is 15.6 Å². The number of aromatic nitrogens is 1. The third-order valence-corrected chi connectivity index (χ3v) is 4.68. The highest BCUT2D eigenvalue weighted by Crippen LogP contribution is 2.27. The van der Waals surface area contributed by atoms with Gasteiger partial charge in [-0.25, -0.2) is 0 Å². The zero-order chi connectivity index (χ0) is 20.1. The van der Waals surface area contributed by atoms with Crippen molar-refractivity contribution in [1.82, 2.24) is 10.3 Å². The van der Waals surface area contributed by atoms with Crippen LogP contribution in [-0.2, 0) is 4.79 Å². The Labute approximate surface area is 168 Å². The van der Waals surface area contributed by atoms with Gasteiger partial charge in [-0.15, -0.1) is 0 Å². The van der Waals surface area contributed by atoms with E-state index in [0.29, 0.717) is 16.3 Å². The number of amides is 2. The number of anilines is 1. The summed E-state index contributed by atoms with van der Waals surface area (Å²) < 4.78 is 0. The lowest BCUT2D eigenvalue weighted by Gasteiger charge is -2.22. The lowest BCUT2D eigenvalue weighted by atomic mass is 9.95. The molecule has 0 aliphatic heterocycles. The lowest BCUT2D eigenvalue weighted by Crippen LogP contribution is -2.30. The predicted octanol–water partition coefficient (Wildman–Crippen LogP) is 4.52. The van der Waals surface area contributed by atoms with E-state index in [4.69, 9.17) is 11.6 Å². The average molecular weight is 394 g/mol. The highest BCUT2D eigenvalue weighted by Gasteiger charge is 2.21. The van der Waals surface area contributed by atoms with E-state index in [-0.39, 0.29) is 17.9 Å². The first-order valence-corrected chi connectivity index (χ1v) is 9.17. The normalized spacial score (nSPS) is 11.5. The quantitative estimate of drug-likeness (QED) is 0.669. The summed E-state index contributed by atoms with van der Waals surface area (Å²) in [5, 5.41) is 6.04. The molecule has 0 aliphatic carbocycles. The van der Waals surface area contributed by atoms with Gasteiger partial charge in [0.25, 0.3) is 5.91 Å². The lowest BCUT2D eigenvalue weighted by molar-refractivity contribution is -0.114. The summed E-state index contributed by atoms with van der Waals surface area (Å²) in [5.41, 5.74) is 3.75. The molecule has 1 aromatic heterocycles. The molecule has 28 heavy (non-hydrogen) atoms. The van der Waals surface area contributed by atoms with Crippen molar-refractivity contribution in [3.05, 3.63) is 94.3 Å². The Morgan fingerprint density at radius 1 is 1.04 bits per heavy atom. The molecule has 1 heterocycles. The minimum absolute atomic E-state index is 0.219. The first-order chi connectivity index (χ1) is 13.5. The summed E-state index contributed by atoms with van der Waals surface area (Å²) in [6, 6.07) is 16.1. The van der Waals surface area contributed by atoms with Crippen molar-refractivity contribution in [3.63, 3.8) is 0 Å². The van der Waals surface area contributed by atoms with Crippen molar-refractivity contribution in [2.24, 2.45) is 0 Å². The summed E-state index contributed by atoms with van der Waals surface area (Å²) in [7, 11) is 0. The number of rotatable bonds is 5. The Bertz CT molecular complexity index is 1010. The number of carbonyl (C=O) groups is 2. The van der Waals surface area contributed by atoms with Crippen LogP contribution >= 0.6 is 11.6 Å². The minimum atomic E-state index is -0.364. The van der Waals surface area contributed by atoms with E-state index in [0.717, 1.165) is 16.7 Å². The topological polar surface area (TPSA) is 71.1 Å². The van der Waals surface area contributed by atoms with Crippen molar-refractivity contribution in [2.75, 3.05) is 5.32 Å². The van der Waals surface area contributed by atoms with Crippen LogP contribution < -0.4 is 10.6 Å². The molecule has 0 spiro atoms. The van der Waals surface area contributed by atoms with Gasteiger partial charge in [0.2, 0.25) is 5.91 Å². The second-order valence-corrected chi connectivity index (χ2v) is 6.83. The van der Waals surface area contributed by atoms with Gasteiger partial charge in [-0.2, -0.15) is 0 Å². The van der Waals surface area contributed by atoms with Crippen LogP contribution in [0.5, 0.6) is 0 Å². The molecule has 5 nitrogen and oxygen atoms in total. The molecule has 3 rings (SSSR count). The number of nitrogens with one attached hydrogen (secondary N) is 2. The molecule has 0 unspecified atom stereocenters. The molecule has 0 radical (unpaired) electrons. The minimum Gasteiger partial charge on any atom is -0.341 e. The molecule has 2 N–H and O–H groups in total. The van der Waals surface area contributed by atoms with E-state index in [9.17, 15) is 9.59 Å². The van der Waals surface area contributed by atoms with Gasteiger partial charge in [0.05, 0.1) is 16.6 Å². The van der Waals surface area contributed by atoms with Crippen molar-refractivity contribution < 1.29 is 9.59 Å². The van der Waals surface area contributed by atoms with Crippen LogP contribution in [0.3, 0.4) is 0 Å². The molecule has 0 aliphatic rings. The molecular weight excluding hydrogens is 374 g/mol. The third-order valence-electron chi connectivity index (χ3n) is 4.35. The van der Waals surface area contributed by atoms with Crippen molar-refractivity contribution >= 4 is 29.1 Å². The van der Waals surface area contributed by atoms with Gasteiger partial charge < -0.3 is 10.6 Å². The van der Waals surface area contributed by atoms with Gasteiger partial charge >= 0.3 is 0 Å². The first kappa shape index (κ1) is 19.6. The van der Waals surface area contributed by atoms with E-state index in [1.807, 2.05) is 43.3 Å². The molecule has 0 bridgehead atoms. The van der Waals surface area contributed by atoms with Crippen molar-refractivity contribution in [2.45, 2.75) is 19.9 Å². The Kier molecular flexibility index (Phi) is 6.06. The number of carbonyl (C=O) groups excluding carboxylic acids is 2. The van der Waals surface area contributed by atoms with Crippen molar-refractivity contribution in [3.8, 4) is 0 Å². The van der Waals surface area contributed by atoms with E-state index in [1.54, 1.807) is 30.6 Å². The molecule has 2 amide bonds. The number of pyridine rings is 1. The largest absolute Gasteiger partial charge is 0.341 e. The summed E-state index contributed by atoms with van der Waals surface area (Å²) in [4.78, 5) is 28.4. The number of nitrogens with zero attached hydrogens (tertiary/aromatic N) is 1. The van der Waals surface area contributed by atoms with E-state index < -0.39 is 0 Å². The molecule has 2 aromatic carbocycles. The number of aryl methyl sites for hydroxylation is 1. The Morgan fingerprint density at radius 3 is 2.43 bits per heavy atom. The molecule has 0 saturated heterocycles. The SMILES string of the molecule is CC(=O)Nc1ccc(Cl)c(C(=O)N[C@@H](c2ccncc2)c2ccccc2C)c1. The van der Waals surface area contributed by atoms with Crippen LogP contribution in [0.4, 0.5) is 5.69 Å². The fourth-order valence-corrected chi connectivity index (χ4v) is 3.20. The van der Waals surface area contributed by atoms with Crippen LogP contribution in [-0.4, -0.2) is 16.8 Å². The maximum atomic E-state index is 13.0. The zero-order valence-corrected chi connectivity index (χ0v) is 16.3. The molecule has 0 fully saturated rings. The number of benzene rings is 2. The standard InChI is InChI=1S/C22H20ClN3O2/c1-14-5-3-4-6-18(14)21(16-9-11-24-12-10-16)26-22(28)19-13-17(25-15(2)27)7-8-20(19)23/h3-13,21H,1-2H3,(H,25,27)(H,26,28)/t21-/m0/s1. The second-order valence-electron chi connectivity index (χ2n) is 6.42. The highest BCUT2D eigenvalue weighted by molar-refractivity contribution is 6.34. The summed E-state index contributed by atoms with van der Waals surface area (Å²) in [6.45, 7) is 3.41. The maximum Gasteiger partial charge on any atom is 0.253 e. The molecule has 3 aromatic rings. The van der Waals surface area contributed by atoms with Gasteiger partial charge in [-0.3, -0.25) is 14.6 Å². The summed E-state index contributed by atoms with van der Waals surface area (Å²) in [5.74, 6) is -0.550. The van der Waals surface area contributed by atoms with Gasteiger partial charge in [0.1, 0.15) is 0 Å². The first-order valence-electron chi connectivity index (χ1n) is 8.79. The number of hydrogen-bond donors (Lipinski definition) is 2. The highest BCUT2D eigenvalue weighted by atomic mass is 35.5. The Morgan fingerprint density at radius 2 is 1.75 bits per heavy atom. The molecule has 1 atom stereocenters. The summed E-state index contributed by atoms with van der Waals surface area (Å²) in [6.07, 6.45) is 3.38. The van der Waals surface area contributed by atoms with E-state index in [1.165, 1.54) is 6.92 Å². The van der Waals surface area contributed by atoms with Crippen LogP contribution in [0.25, 0.3) is 0 Å². The smallest absolute Gasteiger partial charge is 0.253 e. The second kappa shape index (κ2) is 8.67. The molecule has 0 saturated carbocycles. The van der Waals surface area contributed by atoms with Gasteiger partial charge in [0, 0.05) is 25.0 Å². The summed E-state index contributed by atoms with van der Waals surface area (Å²) >= 11 is 6.25. The average Bonchev–Trinajstić information content (AvgIpc) is 2.68. The molecule has 142 valence electrons. The fraction of sp³-hybridized carbons (Fsp3) is 0.136. The monoisotopic (exact) mass is 393 g/mol. The Hall–Kier alpha value is -3.18. The Balaban J connectivity index is 1.97.